The highest BCUT2D eigenvalue weighted by Gasteiger charge is 2.24. The van der Waals surface area contributed by atoms with Crippen LogP contribution in [0.5, 0.6) is 0 Å². The van der Waals surface area contributed by atoms with Gasteiger partial charge in [-0.05, 0) is 32.1 Å². The van der Waals surface area contributed by atoms with Crippen molar-refractivity contribution in [2.24, 2.45) is 5.92 Å². The van der Waals surface area contributed by atoms with Crippen LogP contribution in [0.2, 0.25) is 0 Å². The van der Waals surface area contributed by atoms with Crippen LogP contribution in [0.4, 0.5) is 0 Å². The molecule has 1 aliphatic carbocycles. The maximum absolute atomic E-state index is 12.2. The van der Waals surface area contributed by atoms with Gasteiger partial charge in [0.05, 0.1) is 39.6 Å². The molecule has 0 unspecified atom stereocenters. The Hall–Kier alpha value is -3.14. The number of carboxylic acid groups (broad SMARTS) is 2. The largest absolute Gasteiger partial charge is 0.481 e. The lowest BCUT2D eigenvalue weighted by molar-refractivity contribution is -0.142. The minimum Gasteiger partial charge on any atom is -0.481 e. The molecule has 0 saturated heterocycles. The molecule has 0 spiro atoms. The first kappa shape index (κ1) is 44.9. The van der Waals surface area contributed by atoms with Crippen molar-refractivity contribution in [1.82, 2.24) is 16.0 Å². The molecule has 3 amide bonds. The number of nitrogens with one attached hydrogen (secondary N) is 3. The second-order valence-corrected chi connectivity index (χ2v) is 12.6. The quantitative estimate of drug-likeness (QED) is 0.0599. The van der Waals surface area contributed by atoms with Gasteiger partial charge in [-0.25, -0.2) is 4.79 Å². The van der Waals surface area contributed by atoms with E-state index in [1.807, 2.05) is 0 Å². The fraction of sp³-hybridized carbons (Fsp3) is 0.829. The Bertz CT molecular complexity index is 977. The van der Waals surface area contributed by atoms with Crippen molar-refractivity contribution in [1.29, 1.82) is 0 Å². The molecule has 1 rings (SSSR count). The van der Waals surface area contributed by atoms with Gasteiger partial charge in [0.1, 0.15) is 19.3 Å². The highest BCUT2D eigenvalue weighted by molar-refractivity contribution is 5.84. The standard InChI is InChI=1S/C35H61N3O12/c39-30(28-12-11-13-28)26-49-24-22-48-21-19-37-33(42)27-50-25-23-47-20-18-36-31(40)17-16-29(35(45)46)38-32(41)14-9-7-5-3-1-2-4-6-8-10-15-34(43)44/h28-29H,1-27H2,(H,36,40)(H,37,42)(H,38,41)(H,43,44)(H,45,46)/t29-/m0/s1. The van der Waals surface area contributed by atoms with Gasteiger partial charge in [0, 0.05) is 38.3 Å². The van der Waals surface area contributed by atoms with E-state index in [-0.39, 0.29) is 94.7 Å². The topological polar surface area (TPSA) is 216 Å². The van der Waals surface area contributed by atoms with Gasteiger partial charge in [-0.15, -0.1) is 0 Å². The predicted octanol–water partition coefficient (Wildman–Crippen LogP) is 2.77. The van der Waals surface area contributed by atoms with Crippen molar-refractivity contribution in [3.8, 4) is 0 Å². The summed E-state index contributed by atoms with van der Waals surface area (Å²) in [5.74, 6) is -2.58. The van der Waals surface area contributed by atoms with Gasteiger partial charge in [0.2, 0.25) is 17.7 Å². The van der Waals surface area contributed by atoms with Gasteiger partial charge in [0.15, 0.2) is 5.78 Å². The Morgan fingerprint density at radius 1 is 0.560 bits per heavy atom. The zero-order valence-electron chi connectivity index (χ0n) is 29.7. The van der Waals surface area contributed by atoms with Crippen molar-refractivity contribution in [2.45, 2.75) is 115 Å². The fourth-order valence-corrected chi connectivity index (χ4v) is 5.07. The minimum absolute atomic E-state index is 0.0248. The highest BCUT2D eigenvalue weighted by Crippen LogP contribution is 2.27. The lowest BCUT2D eigenvalue weighted by Crippen LogP contribution is -2.41. The number of ketones is 1. The number of hydrogen-bond acceptors (Lipinski definition) is 10. The summed E-state index contributed by atoms with van der Waals surface area (Å²) in [6, 6.07) is -1.14. The smallest absolute Gasteiger partial charge is 0.326 e. The zero-order chi connectivity index (χ0) is 36.7. The van der Waals surface area contributed by atoms with Gasteiger partial charge < -0.3 is 45.1 Å². The molecular formula is C35H61N3O12. The lowest BCUT2D eigenvalue weighted by Gasteiger charge is -2.23. The van der Waals surface area contributed by atoms with E-state index in [0.717, 1.165) is 77.0 Å². The van der Waals surface area contributed by atoms with E-state index in [9.17, 15) is 33.9 Å². The van der Waals surface area contributed by atoms with Gasteiger partial charge in [0.25, 0.3) is 0 Å². The third-order valence-electron chi connectivity index (χ3n) is 8.26. The lowest BCUT2D eigenvalue weighted by atomic mass is 9.82. The third kappa shape index (κ3) is 26.7. The zero-order valence-corrected chi connectivity index (χ0v) is 29.7. The van der Waals surface area contributed by atoms with E-state index in [1.54, 1.807) is 0 Å². The molecule has 1 saturated carbocycles. The first-order valence-corrected chi connectivity index (χ1v) is 18.3. The van der Waals surface area contributed by atoms with E-state index >= 15 is 0 Å². The van der Waals surface area contributed by atoms with Gasteiger partial charge in [-0.1, -0.05) is 57.8 Å². The normalized spacial score (nSPS) is 13.3. The van der Waals surface area contributed by atoms with E-state index in [2.05, 4.69) is 16.0 Å². The molecule has 0 aromatic carbocycles. The van der Waals surface area contributed by atoms with Crippen LogP contribution in [-0.4, -0.2) is 118 Å². The van der Waals surface area contributed by atoms with Crippen LogP contribution in [0.3, 0.4) is 0 Å². The van der Waals surface area contributed by atoms with E-state index in [4.69, 9.17) is 24.1 Å². The molecule has 5 N–H and O–H groups in total. The Kier molecular flexibility index (Phi) is 27.5. The first-order valence-electron chi connectivity index (χ1n) is 18.3. The number of carbonyl (C=O) groups excluding carboxylic acids is 4. The molecule has 50 heavy (non-hydrogen) atoms. The summed E-state index contributed by atoms with van der Waals surface area (Å²) in [6.45, 7) is 2.15. The molecule has 1 atom stereocenters. The van der Waals surface area contributed by atoms with Gasteiger partial charge in [-0.2, -0.15) is 0 Å². The number of rotatable bonds is 35. The maximum Gasteiger partial charge on any atom is 0.326 e. The van der Waals surface area contributed by atoms with E-state index in [1.165, 1.54) is 0 Å². The summed E-state index contributed by atoms with van der Waals surface area (Å²) in [4.78, 5) is 69.9. The Morgan fingerprint density at radius 3 is 1.58 bits per heavy atom. The van der Waals surface area contributed by atoms with Crippen LogP contribution < -0.4 is 16.0 Å². The molecule has 1 aliphatic rings. The summed E-state index contributed by atoms with van der Waals surface area (Å²) in [7, 11) is 0. The number of carbonyl (C=O) groups is 6. The van der Waals surface area contributed by atoms with Crippen LogP contribution in [-0.2, 0) is 47.7 Å². The molecular weight excluding hydrogens is 654 g/mol. The third-order valence-corrected chi connectivity index (χ3v) is 8.26. The number of unbranched alkanes of at least 4 members (excludes halogenated alkanes) is 9. The Labute approximate surface area is 296 Å². The Morgan fingerprint density at radius 2 is 1.06 bits per heavy atom. The summed E-state index contributed by atoms with van der Waals surface area (Å²) in [6.07, 6.45) is 13.1. The van der Waals surface area contributed by atoms with Crippen LogP contribution in [0.25, 0.3) is 0 Å². The Balaban J connectivity index is 1.91. The number of amides is 3. The molecule has 15 nitrogen and oxygen atoms in total. The number of ether oxygens (including phenoxy) is 4. The molecule has 0 aromatic rings. The maximum atomic E-state index is 12.2. The van der Waals surface area contributed by atoms with E-state index < -0.39 is 18.0 Å². The summed E-state index contributed by atoms with van der Waals surface area (Å²) < 4.78 is 21.3. The van der Waals surface area contributed by atoms with Crippen LogP contribution in [0.1, 0.15) is 109 Å². The SMILES string of the molecule is O=C(O)CCCCCCCCCCCCC(=O)N[C@@H](CCC(=O)NCCOCCOCC(=O)NCCOCCOCC(=O)C1CCC1)C(=O)O. The van der Waals surface area contributed by atoms with Crippen LogP contribution >= 0.6 is 0 Å². The molecule has 0 radical (unpaired) electrons. The number of carboxylic acids is 2. The molecule has 0 bridgehead atoms. The van der Waals surface area contributed by atoms with Crippen molar-refractivity contribution >= 4 is 35.4 Å². The first-order chi connectivity index (χ1) is 24.2. The average Bonchev–Trinajstić information content (AvgIpc) is 3.04. The molecule has 0 aromatic heterocycles. The second kappa shape index (κ2) is 30.7. The van der Waals surface area contributed by atoms with Crippen molar-refractivity contribution in [3.05, 3.63) is 0 Å². The molecule has 288 valence electrons. The second-order valence-electron chi connectivity index (χ2n) is 12.6. The van der Waals surface area contributed by atoms with Gasteiger partial charge in [-0.3, -0.25) is 24.0 Å². The average molecular weight is 716 g/mol. The summed E-state index contributed by atoms with van der Waals surface area (Å²) in [5.41, 5.74) is 0. The van der Waals surface area contributed by atoms with Crippen LogP contribution in [0, 0.1) is 5.92 Å². The molecule has 0 aliphatic heterocycles. The monoisotopic (exact) mass is 715 g/mol. The fourth-order valence-electron chi connectivity index (χ4n) is 5.07. The van der Waals surface area contributed by atoms with Crippen molar-refractivity contribution in [3.63, 3.8) is 0 Å². The summed E-state index contributed by atoms with van der Waals surface area (Å²) >= 11 is 0. The molecule has 15 heteroatoms. The van der Waals surface area contributed by atoms with Crippen molar-refractivity contribution in [2.75, 3.05) is 65.9 Å². The number of Topliss-reactive ketones (excluding diaryl/α,β-unsaturated/α-hetero) is 1. The number of aliphatic carboxylic acids is 2. The minimum atomic E-state index is -1.19. The highest BCUT2D eigenvalue weighted by atomic mass is 16.5. The van der Waals surface area contributed by atoms with Crippen LogP contribution in [0.15, 0.2) is 0 Å². The van der Waals surface area contributed by atoms with E-state index in [0.29, 0.717) is 32.8 Å². The molecule has 1 fully saturated rings. The summed E-state index contributed by atoms with van der Waals surface area (Å²) in [5, 5.41) is 25.9. The number of hydrogen-bond donors (Lipinski definition) is 5. The predicted molar refractivity (Wildman–Crippen MR) is 183 cm³/mol. The van der Waals surface area contributed by atoms with Gasteiger partial charge >= 0.3 is 11.9 Å². The molecule has 0 heterocycles. The van der Waals surface area contributed by atoms with Crippen molar-refractivity contribution < 1.29 is 57.9 Å².